The van der Waals surface area contributed by atoms with E-state index in [2.05, 4.69) is 5.10 Å². The van der Waals surface area contributed by atoms with Crippen molar-refractivity contribution in [2.24, 2.45) is 12.8 Å². The predicted molar refractivity (Wildman–Crippen MR) is 70.0 cm³/mol. The minimum absolute atomic E-state index is 0.0559. The number of nitrogens with zero attached hydrogens (tertiary/aromatic N) is 2. The third-order valence-corrected chi connectivity index (χ3v) is 3.00. The molecule has 0 radical (unpaired) electrons. The summed E-state index contributed by atoms with van der Waals surface area (Å²) in [4.78, 5) is 0. The summed E-state index contributed by atoms with van der Waals surface area (Å²) < 4.78 is 1.84. The molecule has 4 heteroatoms. The van der Waals surface area contributed by atoms with Crippen LogP contribution >= 0.6 is 11.6 Å². The lowest BCUT2D eigenvalue weighted by Crippen LogP contribution is -2.17. The Balaban J connectivity index is 2.16. The zero-order chi connectivity index (χ0) is 12.4. The van der Waals surface area contributed by atoms with Crippen molar-refractivity contribution in [2.45, 2.75) is 19.4 Å². The lowest BCUT2D eigenvalue weighted by atomic mass is 10.0. The van der Waals surface area contributed by atoms with Gasteiger partial charge < -0.3 is 5.73 Å². The van der Waals surface area contributed by atoms with Gasteiger partial charge in [-0.3, -0.25) is 4.68 Å². The quantitative estimate of drug-likeness (QED) is 0.909. The Kier molecular flexibility index (Phi) is 3.50. The molecule has 2 aromatic rings. The fourth-order valence-corrected chi connectivity index (χ4v) is 2.21. The van der Waals surface area contributed by atoms with Gasteiger partial charge in [0.05, 0.1) is 17.4 Å². The molecule has 0 bridgehead atoms. The SMILES string of the molecule is Cc1cc(C(N)Cc2cccc(Cl)c2)n(C)n1. The molecule has 1 aromatic carbocycles. The fourth-order valence-electron chi connectivity index (χ4n) is 2.00. The van der Waals surface area contributed by atoms with Gasteiger partial charge in [-0.15, -0.1) is 0 Å². The van der Waals surface area contributed by atoms with E-state index in [4.69, 9.17) is 17.3 Å². The van der Waals surface area contributed by atoms with Crippen LogP contribution in [0.2, 0.25) is 5.02 Å². The molecule has 2 N–H and O–H groups in total. The molecule has 0 fully saturated rings. The standard InChI is InChI=1S/C13H16ClN3/c1-9-6-13(17(2)16-9)12(15)8-10-4-3-5-11(14)7-10/h3-7,12H,8,15H2,1-2H3. The van der Waals surface area contributed by atoms with Crippen molar-refractivity contribution in [3.8, 4) is 0 Å². The Hall–Kier alpha value is -1.32. The highest BCUT2D eigenvalue weighted by molar-refractivity contribution is 6.30. The van der Waals surface area contributed by atoms with Crippen molar-refractivity contribution in [3.63, 3.8) is 0 Å². The van der Waals surface area contributed by atoms with Crippen LogP contribution in [-0.4, -0.2) is 9.78 Å². The van der Waals surface area contributed by atoms with Gasteiger partial charge in [0.1, 0.15) is 0 Å². The van der Waals surface area contributed by atoms with E-state index in [-0.39, 0.29) is 6.04 Å². The van der Waals surface area contributed by atoms with Crippen LogP contribution in [0.5, 0.6) is 0 Å². The Morgan fingerprint density at radius 1 is 1.41 bits per heavy atom. The highest BCUT2D eigenvalue weighted by Crippen LogP contribution is 2.18. The summed E-state index contributed by atoms with van der Waals surface area (Å²) in [5, 5.41) is 5.05. The summed E-state index contributed by atoms with van der Waals surface area (Å²) in [6.07, 6.45) is 0.763. The summed E-state index contributed by atoms with van der Waals surface area (Å²) in [5.41, 5.74) is 9.36. The van der Waals surface area contributed by atoms with Crippen LogP contribution in [0.3, 0.4) is 0 Å². The first-order chi connectivity index (χ1) is 8.06. The number of rotatable bonds is 3. The van der Waals surface area contributed by atoms with E-state index in [0.717, 1.165) is 28.4 Å². The maximum absolute atomic E-state index is 6.19. The summed E-state index contributed by atoms with van der Waals surface area (Å²) >= 11 is 5.95. The van der Waals surface area contributed by atoms with Crippen LogP contribution in [0.25, 0.3) is 0 Å². The summed E-state index contributed by atoms with van der Waals surface area (Å²) in [6.45, 7) is 1.97. The molecule has 0 amide bonds. The second kappa shape index (κ2) is 4.90. The molecule has 2 rings (SSSR count). The fraction of sp³-hybridized carbons (Fsp3) is 0.308. The van der Waals surface area contributed by atoms with Crippen LogP contribution in [0.15, 0.2) is 30.3 Å². The van der Waals surface area contributed by atoms with Crippen LogP contribution in [0.4, 0.5) is 0 Å². The second-order valence-electron chi connectivity index (χ2n) is 4.27. The molecule has 0 aliphatic carbocycles. The molecular weight excluding hydrogens is 234 g/mol. The van der Waals surface area contributed by atoms with Crippen molar-refractivity contribution in [3.05, 3.63) is 52.3 Å². The van der Waals surface area contributed by atoms with Gasteiger partial charge in [0, 0.05) is 12.1 Å². The van der Waals surface area contributed by atoms with Gasteiger partial charge in [0.2, 0.25) is 0 Å². The number of halogens is 1. The normalized spacial score (nSPS) is 12.7. The Morgan fingerprint density at radius 3 is 2.76 bits per heavy atom. The van der Waals surface area contributed by atoms with Gasteiger partial charge in [0.25, 0.3) is 0 Å². The lowest BCUT2D eigenvalue weighted by molar-refractivity contribution is 0.615. The largest absolute Gasteiger partial charge is 0.322 e. The third kappa shape index (κ3) is 2.87. The van der Waals surface area contributed by atoms with E-state index >= 15 is 0 Å². The molecule has 1 atom stereocenters. The van der Waals surface area contributed by atoms with Crippen molar-refractivity contribution < 1.29 is 0 Å². The summed E-state index contributed by atoms with van der Waals surface area (Å²) in [6, 6.07) is 9.76. The van der Waals surface area contributed by atoms with E-state index in [0.29, 0.717) is 0 Å². The summed E-state index contributed by atoms with van der Waals surface area (Å²) in [7, 11) is 1.92. The molecule has 17 heavy (non-hydrogen) atoms. The lowest BCUT2D eigenvalue weighted by Gasteiger charge is -2.12. The molecule has 1 heterocycles. The molecule has 1 unspecified atom stereocenters. The number of benzene rings is 1. The molecule has 0 saturated heterocycles. The first-order valence-corrected chi connectivity index (χ1v) is 5.94. The van der Waals surface area contributed by atoms with Crippen LogP contribution in [-0.2, 0) is 13.5 Å². The van der Waals surface area contributed by atoms with Crippen LogP contribution in [0.1, 0.15) is 23.0 Å². The number of aromatic nitrogens is 2. The Morgan fingerprint density at radius 2 is 2.18 bits per heavy atom. The molecule has 3 nitrogen and oxygen atoms in total. The minimum Gasteiger partial charge on any atom is -0.322 e. The first-order valence-electron chi connectivity index (χ1n) is 5.57. The van der Waals surface area contributed by atoms with Gasteiger partial charge in [-0.05, 0) is 37.1 Å². The van der Waals surface area contributed by atoms with Crippen molar-refractivity contribution >= 4 is 11.6 Å². The summed E-state index contributed by atoms with van der Waals surface area (Å²) in [5.74, 6) is 0. The maximum atomic E-state index is 6.19. The monoisotopic (exact) mass is 249 g/mol. The zero-order valence-electron chi connectivity index (χ0n) is 10.0. The molecule has 0 spiro atoms. The van der Waals surface area contributed by atoms with E-state index in [1.54, 1.807) is 0 Å². The number of nitrogens with two attached hydrogens (primary N) is 1. The topological polar surface area (TPSA) is 43.8 Å². The van der Waals surface area contributed by atoms with E-state index in [1.165, 1.54) is 0 Å². The Bertz CT molecular complexity index is 519. The zero-order valence-corrected chi connectivity index (χ0v) is 10.8. The molecule has 1 aromatic heterocycles. The van der Waals surface area contributed by atoms with Gasteiger partial charge >= 0.3 is 0 Å². The molecule has 0 aliphatic rings. The average molecular weight is 250 g/mol. The van der Waals surface area contributed by atoms with Crippen molar-refractivity contribution in [1.29, 1.82) is 0 Å². The average Bonchev–Trinajstić information content (AvgIpc) is 2.58. The van der Waals surface area contributed by atoms with Gasteiger partial charge in [0.15, 0.2) is 0 Å². The van der Waals surface area contributed by atoms with Crippen molar-refractivity contribution in [2.75, 3.05) is 0 Å². The number of aryl methyl sites for hydroxylation is 2. The van der Waals surface area contributed by atoms with E-state index in [9.17, 15) is 0 Å². The van der Waals surface area contributed by atoms with E-state index in [1.807, 2.05) is 49.0 Å². The third-order valence-electron chi connectivity index (χ3n) is 2.76. The second-order valence-corrected chi connectivity index (χ2v) is 4.71. The first kappa shape index (κ1) is 12.1. The predicted octanol–water partition coefficient (Wildman–Crippen LogP) is 2.62. The number of hydrogen-bond donors (Lipinski definition) is 1. The van der Waals surface area contributed by atoms with Crippen LogP contribution in [0, 0.1) is 6.92 Å². The molecule has 0 aliphatic heterocycles. The maximum Gasteiger partial charge on any atom is 0.0597 e. The molecule has 0 saturated carbocycles. The highest BCUT2D eigenvalue weighted by atomic mass is 35.5. The molecular formula is C13H16ClN3. The number of hydrogen-bond acceptors (Lipinski definition) is 2. The Labute approximate surface area is 106 Å². The van der Waals surface area contributed by atoms with Gasteiger partial charge in [-0.2, -0.15) is 5.10 Å². The van der Waals surface area contributed by atoms with Gasteiger partial charge in [-0.25, -0.2) is 0 Å². The van der Waals surface area contributed by atoms with Gasteiger partial charge in [-0.1, -0.05) is 23.7 Å². The smallest absolute Gasteiger partial charge is 0.0597 e. The van der Waals surface area contributed by atoms with E-state index < -0.39 is 0 Å². The molecule has 90 valence electrons. The van der Waals surface area contributed by atoms with Crippen LogP contribution < -0.4 is 5.73 Å². The highest BCUT2D eigenvalue weighted by Gasteiger charge is 2.12. The minimum atomic E-state index is -0.0559. The van der Waals surface area contributed by atoms with Crippen molar-refractivity contribution in [1.82, 2.24) is 9.78 Å².